The molecule has 0 unspecified atom stereocenters. The van der Waals surface area contributed by atoms with Crippen molar-refractivity contribution in [2.24, 2.45) is 0 Å². The maximum atomic E-state index is 11.7. The Morgan fingerprint density at radius 2 is 2.39 bits per heavy atom. The van der Waals surface area contributed by atoms with E-state index in [1.54, 1.807) is 16.2 Å². The molecular weight excluding hydrogens is 254 g/mol. The van der Waals surface area contributed by atoms with Gasteiger partial charge in [-0.25, -0.2) is 0 Å². The van der Waals surface area contributed by atoms with E-state index >= 15 is 0 Å². The highest BCUT2D eigenvalue weighted by Crippen LogP contribution is 2.16. The van der Waals surface area contributed by atoms with Crippen molar-refractivity contribution in [3.63, 3.8) is 0 Å². The maximum Gasteiger partial charge on any atom is 0.246 e. The Bertz CT molecular complexity index is 546. The molecule has 7 nitrogen and oxygen atoms in total. The Morgan fingerprint density at radius 3 is 3.06 bits per heavy atom. The number of aliphatic hydroxyl groups excluding tert-OH is 1. The normalized spacial score (nSPS) is 15.7. The third-order valence-corrected chi connectivity index (χ3v) is 3.41. The van der Waals surface area contributed by atoms with E-state index in [2.05, 4.69) is 15.4 Å². The van der Waals surface area contributed by atoms with Crippen LogP contribution in [0.5, 0.6) is 0 Å². The molecule has 2 aromatic heterocycles. The van der Waals surface area contributed by atoms with Gasteiger partial charge < -0.3 is 10.0 Å². The molecule has 1 fully saturated rings. The molecule has 1 aliphatic heterocycles. The van der Waals surface area contributed by atoms with Crippen LogP contribution in [0.4, 0.5) is 0 Å². The number of amides is 1. The van der Waals surface area contributed by atoms with E-state index in [9.17, 15) is 4.79 Å². The van der Waals surface area contributed by atoms with Gasteiger partial charge in [0.25, 0.3) is 0 Å². The number of tetrazole rings is 1. The minimum atomic E-state index is -0.390. The minimum Gasteiger partial charge on any atom is -0.389 e. The SMILES string of the molecule is O=C(Cn1nnc(-c2ccsc2)n1)N1CC(O)C1. The summed E-state index contributed by atoms with van der Waals surface area (Å²) in [5.74, 6) is 0.419. The van der Waals surface area contributed by atoms with Gasteiger partial charge in [-0.15, -0.1) is 10.2 Å². The number of aliphatic hydroxyl groups is 1. The van der Waals surface area contributed by atoms with E-state index in [0.29, 0.717) is 18.9 Å². The summed E-state index contributed by atoms with van der Waals surface area (Å²) in [6.07, 6.45) is -0.390. The molecule has 94 valence electrons. The summed E-state index contributed by atoms with van der Waals surface area (Å²) in [5, 5.41) is 24.9. The lowest BCUT2D eigenvalue weighted by Crippen LogP contribution is -2.54. The molecule has 18 heavy (non-hydrogen) atoms. The van der Waals surface area contributed by atoms with Crippen LogP contribution in [0.2, 0.25) is 0 Å². The van der Waals surface area contributed by atoms with Gasteiger partial charge in [-0.2, -0.15) is 16.1 Å². The fraction of sp³-hybridized carbons (Fsp3) is 0.400. The van der Waals surface area contributed by atoms with Crippen molar-refractivity contribution in [3.05, 3.63) is 16.8 Å². The number of likely N-dealkylation sites (tertiary alicyclic amines) is 1. The molecule has 1 saturated heterocycles. The predicted molar refractivity (Wildman–Crippen MR) is 63.7 cm³/mol. The lowest BCUT2D eigenvalue weighted by atomic mass is 10.2. The average Bonchev–Trinajstić information content (AvgIpc) is 2.93. The monoisotopic (exact) mass is 265 g/mol. The van der Waals surface area contributed by atoms with Crippen LogP contribution in [0.15, 0.2) is 16.8 Å². The van der Waals surface area contributed by atoms with E-state index in [1.165, 1.54) is 4.80 Å². The smallest absolute Gasteiger partial charge is 0.246 e. The standard InChI is InChI=1S/C10H11N5O2S/c16-8-3-14(4-8)9(17)5-15-12-10(11-13-15)7-1-2-18-6-7/h1-2,6,8,16H,3-5H2. The summed E-state index contributed by atoms with van der Waals surface area (Å²) in [6, 6.07) is 1.90. The molecule has 1 aliphatic rings. The van der Waals surface area contributed by atoms with Gasteiger partial charge in [0.05, 0.1) is 6.10 Å². The second kappa shape index (κ2) is 4.46. The zero-order chi connectivity index (χ0) is 12.5. The molecule has 2 aromatic rings. The number of aromatic nitrogens is 4. The molecule has 0 bridgehead atoms. The van der Waals surface area contributed by atoms with Crippen molar-refractivity contribution in [2.75, 3.05) is 13.1 Å². The Hall–Kier alpha value is -1.80. The maximum absolute atomic E-state index is 11.7. The van der Waals surface area contributed by atoms with Crippen LogP contribution in [0.1, 0.15) is 0 Å². The van der Waals surface area contributed by atoms with Crippen LogP contribution >= 0.6 is 11.3 Å². The Kier molecular flexibility index (Phi) is 2.80. The third kappa shape index (κ3) is 2.12. The molecule has 0 saturated carbocycles. The van der Waals surface area contributed by atoms with E-state index < -0.39 is 0 Å². The number of rotatable bonds is 3. The van der Waals surface area contributed by atoms with Crippen LogP contribution in [-0.2, 0) is 11.3 Å². The molecule has 8 heteroatoms. The van der Waals surface area contributed by atoms with Gasteiger partial charge in [0, 0.05) is 24.0 Å². The van der Waals surface area contributed by atoms with Gasteiger partial charge in [0.2, 0.25) is 11.7 Å². The molecule has 1 amide bonds. The van der Waals surface area contributed by atoms with Crippen molar-refractivity contribution < 1.29 is 9.90 Å². The average molecular weight is 265 g/mol. The first-order valence-corrected chi connectivity index (χ1v) is 6.43. The van der Waals surface area contributed by atoms with Gasteiger partial charge >= 0.3 is 0 Å². The lowest BCUT2D eigenvalue weighted by Gasteiger charge is -2.35. The van der Waals surface area contributed by atoms with E-state index in [4.69, 9.17) is 5.11 Å². The highest BCUT2D eigenvalue weighted by molar-refractivity contribution is 7.08. The molecular formula is C10H11N5O2S. The first-order valence-electron chi connectivity index (χ1n) is 5.48. The summed E-state index contributed by atoms with van der Waals surface area (Å²) in [6.45, 7) is 0.847. The van der Waals surface area contributed by atoms with Crippen molar-refractivity contribution in [1.82, 2.24) is 25.1 Å². The minimum absolute atomic E-state index is 0.0594. The molecule has 3 heterocycles. The zero-order valence-electron chi connectivity index (χ0n) is 9.43. The Balaban J connectivity index is 1.65. The summed E-state index contributed by atoms with van der Waals surface area (Å²) < 4.78 is 0. The second-order valence-electron chi connectivity index (χ2n) is 4.11. The number of carbonyl (C=O) groups is 1. The fourth-order valence-corrected chi connectivity index (χ4v) is 2.33. The summed E-state index contributed by atoms with van der Waals surface area (Å²) >= 11 is 1.56. The highest BCUT2D eigenvalue weighted by atomic mass is 32.1. The van der Waals surface area contributed by atoms with E-state index in [0.717, 1.165) is 5.56 Å². The quantitative estimate of drug-likeness (QED) is 0.816. The third-order valence-electron chi connectivity index (χ3n) is 2.72. The number of carbonyl (C=O) groups excluding carboxylic acids is 1. The van der Waals surface area contributed by atoms with Gasteiger partial charge in [-0.3, -0.25) is 4.79 Å². The van der Waals surface area contributed by atoms with Gasteiger partial charge in [-0.1, -0.05) is 0 Å². The van der Waals surface area contributed by atoms with Gasteiger partial charge in [-0.05, 0) is 16.7 Å². The van der Waals surface area contributed by atoms with Crippen molar-refractivity contribution >= 4 is 17.2 Å². The lowest BCUT2D eigenvalue weighted by molar-refractivity contribution is -0.142. The van der Waals surface area contributed by atoms with Crippen LogP contribution in [-0.4, -0.2) is 55.3 Å². The van der Waals surface area contributed by atoms with Crippen molar-refractivity contribution in [3.8, 4) is 11.4 Å². The topological polar surface area (TPSA) is 84.1 Å². The molecule has 0 spiro atoms. The number of hydrogen-bond donors (Lipinski definition) is 1. The highest BCUT2D eigenvalue weighted by Gasteiger charge is 2.29. The van der Waals surface area contributed by atoms with Crippen LogP contribution < -0.4 is 0 Å². The summed E-state index contributed by atoms with van der Waals surface area (Å²) in [4.78, 5) is 14.6. The molecule has 0 aromatic carbocycles. The van der Waals surface area contributed by atoms with E-state index in [-0.39, 0.29) is 18.6 Å². The second-order valence-corrected chi connectivity index (χ2v) is 4.89. The molecule has 1 N–H and O–H groups in total. The Labute approximate surface area is 107 Å². The number of thiophene rings is 1. The number of β-amino-alcohol motifs (C(OH)–C–C–N with tert-alkyl or cyclic N) is 1. The predicted octanol–water partition coefficient (Wildman–Crippen LogP) is -0.395. The van der Waals surface area contributed by atoms with Crippen molar-refractivity contribution in [1.29, 1.82) is 0 Å². The Morgan fingerprint density at radius 1 is 1.56 bits per heavy atom. The van der Waals surface area contributed by atoms with Crippen LogP contribution in [0, 0.1) is 0 Å². The molecule has 0 atom stereocenters. The zero-order valence-corrected chi connectivity index (χ0v) is 10.2. The summed E-state index contributed by atoms with van der Waals surface area (Å²) in [7, 11) is 0. The van der Waals surface area contributed by atoms with Crippen LogP contribution in [0.25, 0.3) is 11.4 Å². The van der Waals surface area contributed by atoms with Gasteiger partial charge in [0.1, 0.15) is 6.54 Å². The number of nitrogens with zero attached hydrogens (tertiary/aromatic N) is 5. The fourth-order valence-electron chi connectivity index (χ4n) is 1.70. The first kappa shape index (κ1) is 11.3. The molecule has 3 rings (SSSR count). The molecule has 0 radical (unpaired) electrons. The molecule has 0 aliphatic carbocycles. The largest absolute Gasteiger partial charge is 0.389 e. The van der Waals surface area contributed by atoms with E-state index in [1.807, 2.05) is 16.8 Å². The van der Waals surface area contributed by atoms with Crippen molar-refractivity contribution in [2.45, 2.75) is 12.6 Å². The number of hydrogen-bond acceptors (Lipinski definition) is 6. The van der Waals surface area contributed by atoms with Crippen LogP contribution in [0.3, 0.4) is 0 Å². The summed E-state index contributed by atoms with van der Waals surface area (Å²) in [5.41, 5.74) is 0.901. The van der Waals surface area contributed by atoms with Gasteiger partial charge in [0.15, 0.2) is 0 Å². The first-order chi connectivity index (χ1) is 8.72.